The van der Waals surface area contributed by atoms with E-state index in [4.69, 9.17) is 4.74 Å². The Morgan fingerprint density at radius 3 is 2.56 bits per heavy atom. The van der Waals surface area contributed by atoms with Gasteiger partial charge in [0.2, 0.25) is 0 Å². The van der Waals surface area contributed by atoms with Gasteiger partial charge in [-0.1, -0.05) is 24.3 Å². The quantitative estimate of drug-likeness (QED) is 0.489. The SMILES string of the molecule is COCCN(CC(=O)N1N=C(c2cccs2)CC1c1ccc(F)cc1)C(=O)c1cccs1. The van der Waals surface area contributed by atoms with Crippen molar-refractivity contribution >= 4 is 40.2 Å². The molecule has 1 aliphatic heterocycles. The van der Waals surface area contributed by atoms with Crippen molar-refractivity contribution in [2.24, 2.45) is 5.10 Å². The van der Waals surface area contributed by atoms with Crippen molar-refractivity contribution in [3.63, 3.8) is 0 Å². The highest BCUT2D eigenvalue weighted by molar-refractivity contribution is 7.12. The number of benzene rings is 1. The van der Waals surface area contributed by atoms with Crippen molar-refractivity contribution in [1.29, 1.82) is 0 Å². The van der Waals surface area contributed by atoms with E-state index < -0.39 is 0 Å². The molecule has 0 aliphatic carbocycles. The van der Waals surface area contributed by atoms with Crippen LogP contribution in [0.2, 0.25) is 0 Å². The minimum atomic E-state index is -0.360. The molecule has 0 spiro atoms. The second kappa shape index (κ2) is 10.2. The molecule has 6 nitrogen and oxygen atoms in total. The number of carbonyl (C=O) groups is 2. The van der Waals surface area contributed by atoms with Crippen LogP contribution in [0.15, 0.2) is 64.4 Å². The highest BCUT2D eigenvalue weighted by Crippen LogP contribution is 2.34. The molecule has 3 heterocycles. The van der Waals surface area contributed by atoms with E-state index in [2.05, 4.69) is 5.10 Å². The van der Waals surface area contributed by atoms with Gasteiger partial charge in [-0.3, -0.25) is 9.59 Å². The summed E-state index contributed by atoms with van der Waals surface area (Å²) < 4.78 is 18.6. The van der Waals surface area contributed by atoms with Gasteiger partial charge in [0.05, 0.1) is 28.1 Å². The smallest absolute Gasteiger partial charge is 0.264 e. The maximum absolute atomic E-state index is 13.5. The van der Waals surface area contributed by atoms with Gasteiger partial charge in [0.25, 0.3) is 11.8 Å². The highest BCUT2D eigenvalue weighted by atomic mass is 32.1. The minimum Gasteiger partial charge on any atom is -0.383 e. The lowest BCUT2D eigenvalue weighted by molar-refractivity contribution is -0.133. The predicted octanol–water partition coefficient (Wildman–Crippen LogP) is 4.42. The van der Waals surface area contributed by atoms with Crippen molar-refractivity contribution in [3.8, 4) is 0 Å². The second-order valence-electron chi connectivity index (χ2n) is 7.23. The number of hydrogen-bond acceptors (Lipinski definition) is 6. The Bertz CT molecular complexity index is 1080. The van der Waals surface area contributed by atoms with Gasteiger partial charge in [0.1, 0.15) is 12.4 Å². The number of ether oxygens (including phenoxy) is 1. The number of methoxy groups -OCH3 is 1. The summed E-state index contributed by atoms with van der Waals surface area (Å²) >= 11 is 2.88. The monoisotopic (exact) mass is 471 g/mol. The van der Waals surface area contributed by atoms with Crippen LogP contribution in [0.25, 0.3) is 0 Å². The summed E-state index contributed by atoms with van der Waals surface area (Å²) in [4.78, 5) is 29.3. The van der Waals surface area contributed by atoms with Crippen LogP contribution in [-0.4, -0.2) is 54.2 Å². The molecular weight excluding hydrogens is 449 g/mol. The van der Waals surface area contributed by atoms with Crippen molar-refractivity contribution < 1.29 is 18.7 Å². The Kier molecular flexibility index (Phi) is 7.09. The molecule has 0 bridgehead atoms. The number of nitrogens with zero attached hydrogens (tertiary/aromatic N) is 3. The maximum atomic E-state index is 13.5. The summed E-state index contributed by atoms with van der Waals surface area (Å²) in [7, 11) is 1.55. The third-order valence-electron chi connectivity index (χ3n) is 5.14. The van der Waals surface area contributed by atoms with Crippen LogP contribution < -0.4 is 0 Å². The summed E-state index contributed by atoms with van der Waals surface area (Å²) in [6.45, 7) is 0.476. The summed E-state index contributed by atoms with van der Waals surface area (Å²) in [5, 5.41) is 9.84. The average molecular weight is 472 g/mol. The van der Waals surface area contributed by atoms with Gasteiger partial charge in [0, 0.05) is 20.1 Å². The van der Waals surface area contributed by atoms with Crippen molar-refractivity contribution in [2.45, 2.75) is 12.5 Å². The Labute approximate surface area is 193 Å². The Morgan fingerprint density at radius 2 is 1.91 bits per heavy atom. The van der Waals surface area contributed by atoms with Crippen LogP contribution in [0.3, 0.4) is 0 Å². The molecule has 0 N–H and O–H groups in total. The van der Waals surface area contributed by atoms with Crippen molar-refractivity contribution in [3.05, 3.63) is 80.4 Å². The van der Waals surface area contributed by atoms with Crippen LogP contribution in [0.4, 0.5) is 4.39 Å². The average Bonchev–Trinajstić information content (AvgIpc) is 3.57. The summed E-state index contributed by atoms with van der Waals surface area (Å²) in [6.07, 6.45) is 0.523. The number of hydrazone groups is 1. The second-order valence-corrected chi connectivity index (χ2v) is 9.13. The van der Waals surface area contributed by atoms with E-state index in [0.29, 0.717) is 17.9 Å². The van der Waals surface area contributed by atoms with Crippen LogP contribution in [0, 0.1) is 5.82 Å². The first kappa shape index (κ1) is 22.3. The number of halogens is 1. The van der Waals surface area contributed by atoms with E-state index in [-0.39, 0.29) is 36.8 Å². The Hall–Kier alpha value is -2.88. The number of amides is 2. The first-order valence-electron chi connectivity index (χ1n) is 10.1. The van der Waals surface area contributed by atoms with Crippen molar-refractivity contribution in [1.82, 2.24) is 9.91 Å². The molecule has 4 rings (SSSR count). The van der Waals surface area contributed by atoms with Gasteiger partial charge in [-0.2, -0.15) is 5.10 Å². The van der Waals surface area contributed by atoms with Gasteiger partial charge in [0.15, 0.2) is 0 Å². The van der Waals surface area contributed by atoms with E-state index in [1.54, 1.807) is 42.7 Å². The Balaban J connectivity index is 1.59. The molecule has 2 aromatic heterocycles. The molecule has 0 radical (unpaired) electrons. The molecule has 1 unspecified atom stereocenters. The van der Waals surface area contributed by atoms with Gasteiger partial charge < -0.3 is 9.64 Å². The van der Waals surface area contributed by atoms with E-state index in [1.165, 1.54) is 33.4 Å². The summed E-state index contributed by atoms with van der Waals surface area (Å²) in [5.41, 5.74) is 1.60. The molecule has 2 amide bonds. The predicted molar refractivity (Wildman–Crippen MR) is 124 cm³/mol. The molecule has 0 saturated carbocycles. The van der Waals surface area contributed by atoms with E-state index in [0.717, 1.165) is 16.2 Å². The third kappa shape index (κ3) is 4.95. The molecular formula is C23H22FN3O3S2. The third-order valence-corrected chi connectivity index (χ3v) is 6.91. The topological polar surface area (TPSA) is 62.2 Å². The zero-order chi connectivity index (χ0) is 22.5. The molecule has 1 aromatic carbocycles. The van der Waals surface area contributed by atoms with E-state index >= 15 is 0 Å². The molecule has 9 heteroatoms. The number of thiophene rings is 2. The number of carbonyl (C=O) groups excluding carboxylic acids is 2. The van der Waals surface area contributed by atoms with Gasteiger partial charge in [-0.25, -0.2) is 9.40 Å². The maximum Gasteiger partial charge on any atom is 0.264 e. The van der Waals surface area contributed by atoms with Crippen LogP contribution in [0.1, 0.15) is 32.6 Å². The lowest BCUT2D eigenvalue weighted by Crippen LogP contribution is -2.42. The zero-order valence-corrected chi connectivity index (χ0v) is 19.1. The fourth-order valence-corrected chi connectivity index (χ4v) is 4.93. The summed E-state index contributed by atoms with van der Waals surface area (Å²) in [6, 6.07) is 13.2. The first-order chi connectivity index (χ1) is 15.6. The molecule has 0 saturated heterocycles. The largest absolute Gasteiger partial charge is 0.383 e. The van der Waals surface area contributed by atoms with Gasteiger partial charge in [-0.05, 0) is 40.6 Å². The first-order valence-corrected chi connectivity index (χ1v) is 11.8. The lowest BCUT2D eigenvalue weighted by atomic mass is 10.0. The molecule has 0 fully saturated rings. The van der Waals surface area contributed by atoms with Crippen LogP contribution >= 0.6 is 22.7 Å². The zero-order valence-electron chi connectivity index (χ0n) is 17.4. The van der Waals surface area contributed by atoms with Crippen LogP contribution in [-0.2, 0) is 9.53 Å². The highest BCUT2D eigenvalue weighted by Gasteiger charge is 2.34. The van der Waals surface area contributed by atoms with Crippen LogP contribution in [0.5, 0.6) is 0 Å². The van der Waals surface area contributed by atoms with Gasteiger partial charge in [-0.15, -0.1) is 22.7 Å². The molecule has 166 valence electrons. The normalized spacial score (nSPS) is 15.6. The number of hydrogen-bond donors (Lipinski definition) is 0. The molecule has 1 aliphatic rings. The number of rotatable bonds is 8. The molecule has 32 heavy (non-hydrogen) atoms. The Morgan fingerprint density at radius 1 is 1.16 bits per heavy atom. The van der Waals surface area contributed by atoms with Crippen molar-refractivity contribution in [2.75, 3.05) is 26.8 Å². The molecule has 3 aromatic rings. The molecule has 1 atom stereocenters. The lowest BCUT2D eigenvalue weighted by Gasteiger charge is -2.26. The standard InChI is InChI=1S/C23H22FN3O3S2/c1-30-11-10-26(23(29)21-5-3-13-32-21)15-22(28)27-19(16-6-8-17(24)9-7-16)14-18(25-27)20-4-2-12-31-20/h2-9,12-13,19H,10-11,14-15H2,1H3. The van der Waals surface area contributed by atoms with Gasteiger partial charge >= 0.3 is 0 Å². The summed E-state index contributed by atoms with van der Waals surface area (Å²) in [5.74, 6) is -0.853. The fraction of sp³-hybridized carbons (Fsp3) is 0.261. The van der Waals surface area contributed by atoms with E-state index in [1.807, 2.05) is 22.9 Å². The fourth-order valence-electron chi connectivity index (χ4n) is 3.52. The van der Waals surface area contributed by atoms with E-state index in [9.17, 15) is 14.0 Å². The minimum absolute atomic E-state index is 0.126.